The summed E-state index contributed by atoms with van der Waals surface area (Å²) in [5.41, 5.74) is 6.05. The number of nitrogens with zero attached hydrogens (tertiary/aromatic N) is 5. The van der Waals surface area contributed by atoms with Crippen molar-refractivity contribution in [1.29, 1.82) is 0 Å². The number of aromatic nitrogens is 5. The molecule has 0 aliphatic heterocycles. The third kappa shape index (κ3) is 3.56. The standard InChI is InChI=1S/C22H24N6OS/c1-14-7-8-15(2)17(11-14)18-12-19-21-24-25-22(27(21)9-10-28(19)26-18)30-13-20(29)23-16-5-3-4-6-16/h7-12,16H,3-6,13H2,1-2H3,(H,23,29). The van der Waals surface area contributed by atoms with Crippen LogP contribution in [-0.2, 0) is 4.79 Å². The van der Waals surface area contributed by atoms with Crippen LogP contribution in [-0.4, -0.2) is 41.9 Å². The molecule has 1 N–H and O–H groups in total. The molecule has 0 atom stereocenters. The Morgan fingerprint density at radius 1 is 1.17 bits per heavy atom. The fourth-order valence-corrected chi connectivity index (χ4v) is 4.83. The predicted molar refractivity (Wildman–Crippen MR) is 118 cm³/mol. The summed E-state index contributed by atoms with van der Waals surface area (Å²) in [7, 11) is 0. The van der Waals surface area contributed by atoms with E-state index in [1.165, 1.54) is 35.7 Å². The lowest BCUT2D eigenvalue weighted by molar-refractivity contribution is -0.119. The Balaban J connectivity index is 1.41. The van der Waals surface area contributed by atoms with E-state index < -0.39 is 0 Å². The first-order valence-corrected chi connectivity index (χ1v) is 11.3. The second kappa shape index (κ2) is 7.75. The molecule has 4 aromatic rings. The number of rotatable bonds is 5. The van der Waals surface area contributed by atoms with E-state index in [-0.39, 0.29) is 5.91 Å². The summed E-state index contributed by atoms with van der Waals surface area (Å²) in [5.74, 6) is 0.404. The lowest BCUT2D eigenvalue weighted by atomic mass is 10.0. The Bertz CT molecular complexity index is 1240. The van der Waals surface area contributed by atoms with Gasteiger partial charge in [0.1, 0.15) is 5.52 Å². The minimum Gasteiger partial charge on any atom is -0.353 e. The number of nitrogens with one attached hydrogen (secondary N) is 1. The average molecular weight is 421 g/mol. The number of hydrogen-bond acceptors (Lipinski definition) is 5. The van der Waals surface area contributed by atoms with E-state index in [0.717, 1.165) is 35.3 Å². The average Bonchev–Trinajstić information content (AvgIpc) is 3.46. The molecular weight excluding hydrogens is 396 g/mol. The van der Waals surface area contributed by atoms with Crippen molar-refractivity contribution >= 4 is 28.8 Å². The highest BCUT2D eigenvalue weighted by Gasteiger charge is 2.18. The highest BCUT2D eigenvalue weighted by atomic mass is 32.2. The molecule has 0 saturated heterocycles. The molecule has 1 aromatic carbocycles. The molecule has 30 heavy (non-hydrogen) atoms. The molecule has 1 aliphatic carbocycles. The lowest BCUT2D eigenvalue weighted by Crippen LogP contribution is -2.33. The number of amides is 1. The second-order valence-corrected chi connectivity index (χ2v) is 8.93. The number of aryl methyl sites for hydroxylation is 2. The van der Waals surface area contributed by atoms with E-state index in [1.54, 1.807) is 0 Å². The molecule has 8 heteroatoms. The normalized spacial score (nSPS) is 14.7. The van der Waals surface area contributed by atoms with Gasteiger partial charge in [-0.25, -0.2) is 4.52 Å². The number of carbonyl (C=O) groups excluding carboxylic acids is 1. The summed E-state index contributed by atoms with van der Waals surface area (Å²) in [5, 5.41) is 17.3. The molecule has 0 radical (unpaired) electrons. The molecule has 1 saturated carbocycles. The quantitative estimate of drug-likeness (QED) is 0.497. The molecule has 0 spiro atoms. The van der Waals surface area contributed by atoms with Crippen LogP contribution in [0.15, 0.2) is 41.8 Å². The van der Waals surface area contributed by atoms with Gasteiger partial charge in [0, 0.05) is 24.0 Å². The Morgan fingerprint density at radius 3 is 2.83 bits per heavy atom. The topological polar surface area (TPSA) is 76.6 Å². The van der Waals surface area contributed by atoms with Crippen LogP contribution in [0.1, 0.15) is 36.8 Å². The molecular formula is C22H24N6OS. The van der Waals surface area contributed by atoms with Gasteiger partial charge < -0.3 is 5.32 Å². The predicted octanol–water partition coefficient (Wildman–Crippen LogP) is 3.81. The van der Waals surface area contributed by atoms with Crippen LogP contribution in [0.2, 0.25) is 0 Å². The van der Waals surface area contributed by atoms with E-state index in [1.807, 2.05) is 27.4 Å². The summed E-state index contributed by atoms with van der Waals surface area (Å²) in [4.78, 5) is 12.3. The Morgan fingerprint density at radius 2 is 2.00 bits per heavy atom. The van der Waals surface area contributed by atoms with Crippen molar-refractivity contribution < 1.29 is 4.79 Å². The highest BCUT2D eigenvalue weighted by molar-refractivity contribution is 7.99. The maximum atomic E-state index is 12.3. The van der Waals surface area contributed by atoms with Crippen LogP contribution in [0.5, 0.6) is 0 Å². The van der Waals surface area contributed by atoms with Crippen LogP contribution >= 0.6 is 11.8 Å². The van der Waals surface area contributed by atoms with Crippen molar-refractivity contribution in [3.05, 3.63) is 47.8 Å². The monoisotopic (exact) mass is 420 g/mol. The molecule has 1 amide bonds. The van der Waals surface area contributed by atoms with Gasteiger partial charge in [-0.05, 0) is 44.4 Å². The maximum absolute atomic E-state index is 12.3. The Hall–Kier alpha value is -2.87. The minimum absolute atomic E-state index is 0.0614. The van der Waals surface area contributed by atoms with Gasteiger partial charge in [-0.1, -0.05) is 42.3 Å². The van der Waals surface area contributed by atoms with Crippen LogP contribution in [0.25, 0.3) is 22.4 Å². The van der Waals surface area contributed by atoms with Crippen molar-refractivity contribution in [2.75, 3.05) is 5.75 Å². The highest BCUT2D eigenvalue weighted by Crippen LogP contribution is 2.27. The van der Waals surface area contributed by atoms with Crippen molar-refractivity contribution in [3.63, 3.8) is 0 Å². The molecule has 1 aliphatic rings. The summed E-state index contributed by atoms with van der Waals surface area (Å²) in [6, 6.07) is 8.77. The molecule has 5 rings (SSSR count). The zero-order valence-electron chi connectivity index (χ0n) is 17.1. The van der Waals surface area contributed by atoms with Crippen molar-refractivity contribution in [2.45, 2.75) is 50.7 Å². The van der Waals surface area contributed by atoms with E-state index in [2.05, 4.69) is 47.6 Å². The van der Waals surface area contributed by atoms with Crippen LogP contribution in [0, 0.1) is 13.8 Å². The van der Waals surface area contributed by atoms with E-state index >= 15 is 0 Å². The lowest BCUT2D eigenvalue weighted by Gasteiger charge is -2.10. The molecule has 154 valence electrons. The SMILES string of the molecule is Cc1ccc(C)c(-c2cc3c4nnc(SCC(=O)NC5CCCC5)n4ccn3n2)c1. The van der Waals surface area contributed by atoms with Crippen LogP contribution in [0.3, 0.4) is 0 Å². The molecule has 3 aromatic heterocycles. The van der Waals surface area contributed by atoms with E-state index in [9.17, 15) is 4.79 Å². The van der Waals surface area contributed by atoms with Gasteiger partial charge >= 0.3 is 0 Å². The third-order valence-electron chi connectivity index (χ3n) is 5.71. The number of hydrogen-bond donors (Lipinski definition) is 1. The Kier molecular flexibility index (Phi) is 4.94. The molecule has 0 unspecified atom stereocenters. The molecule has 3 heterocycles. The van der Waals surface area contributed by atoms with Crippen molar-refractivity contribution in [1.82, 2.24) is 29.5 Å². The minimum atomic E-state index is 0.0614. The van der Waals surface area contributed by atoms with Gasteiger partial charge in [0.15, 0.2) is 10.8 Å². The van der Waals surface area contributed by atoms with Gasteiger partial charge in [-0.3, -0.25) is 9.20 Å². The summed E-state index contributed by atoms with van der Waals surface area (Å²) < 4.78 is 3.76. The smallest absolute Gasteiger partial charge is 0.230 e. The van der Waals surface area contributed by atoms with Gasteiger partial charge in [0.25, 0.3) is 0 Å². The van der Waals surface area contributed by atoms with Crippen molar-refractivity contribution in [2.24, 2.45) is 0 Å². The van der Waals surface area contributed by atoms with Crippen LogP contribution < -0.4 is 5.32 Å². The molecule has 1 fully saturated rings. The van der Waals surface area contributed by atoms with E-state index in [0.29, 0.717) is 17.0 Å². The van der Waals surface area contributed by atoms with Gasteiger partial charge in [-0.15, -0.1) is 10.2 Å². The summed E-state index contributed by atoms with van der Waals surface area (Å²) in [6.45, 7) is 4.18. The molecule has 0 bridgehead atoms. The van der Waals surface area contributed by atoms with Gasteiger partial charge in [0.2, 0.25) is 5.91 Å². The molecule has 7 nitrogen and oxygen atoms in total. The first kappa shape index (κ1) is 19.1. The first-order valence-electron chi connectivity index (χ1n) is 10.3. The maximum Gasteiger partial charge on any atom is 0.230 e. The first-order chi connectivity index (χ1) is 14.6. The number of thioether (sulfide) groups is 1. The summed E-state index contributed by atoms with van der Waals surface area (Å²) >= 11 is 1.41. The second-order valence-electron chi connectivity index (χ2n) is 7.99. The number of carbonyl (C=O) groups is 1. The van der Waals surface area contributed by atoms with Gasteiger partial charge in [0.05, 0.1) is 11.4 Å². The summed E-state index contributed by atoms with van der Waals surface area (Å²) in [6.07, 6.45) is 8.40. The number of fused-ring (bicyclic) bond motifs is 3. The zero-order valence-corrected chi connectivity index (χ0v) is 17.9. The number of benzene rings is 1. The van der Waals surface area contributed by atoms with E-state index in [4.69, 9.17) is 5.10 Å². The largest absolute Gasteiger partial charge is 0.353 e. The van der Waals surface area contributed by atoms with Crippen molar-refractivity contribution in [3.8, 4) is 11.3 Å². The fraction of sp³-hybridized carbons (Fsp3) is 0.364. The van der Waals surface area contributed by atoms with Gasteiger partial charge in [-0.2, -0.15) is 5.10 Å². The third-order valence-corrected chi connectivity index (χ3v) is 6.65. The fourth-order valence-electron chi connectivity index (χ4n) is 4.10. The zero-order chi connectivity index (χ0) is 20.7. The van der Waals surface area contributed by atoms with Crippen LogP contribution in [0.4, 0.5) is 0 Å². The Labute approximate surface area is 178 Å².